The first-order valence-electron chi connectivity index (χ1n) is 7.78. The zero-order chi connectivity index (χ0) is 19.8. The van der Waals surface area contributed by atoms with Crippen LogP contribution in [0.15, 0.2) is 23.1 Å². The fourth-order valence-electron chi connectivity index (χ4n) is 2.36. The van der Waals surface area contributed by atoms with Crippen molar-refractivity contribution in [3.8, 4) is 11.4 Å². The largest absolute Gasteiger partial charge is 0.347 e. The van der Waals surface area contributed by atoms with Crippen molar-refractivity contribution in [1.29, 1.82) is 0 Å². The number of benzene rings is 1. The highest BCUT2D eigenvalue weighted by atomic mass is 32.2. The van der Waals surface area contributed by atoms with E-state index in [9.17, 15) is 12.8 Å². The Morgan fingerprint density at radius 3 is 2.37 bits per heavy atom. The Bertz CT molecular complexity index is 1060. The molecule has 3 aromatic rings. The Kier molecular flexibility index (Phi) is 4.74. The zero-order valence-electron chi connectivity index (χ0n) is 15.0. The van der Waals surface area contributed by atoms with Gasteiger partial charge in [0.05, 0.1) is 27.5 Å². The number of aromatic amines is 1. The minimum atomic E-state index is -4.02. The van der Waals surface area contributed by atoms with Crippen LogP contribution in [0.25, 0.3) is 11.4 Å². The predicted octanol–water partition coefficient (Wildman–Crippen LogP) is 1.28. The van der Waals surface area contributed by atoms with E-state index in [1.807, 2.05) is 0 Å². The summed E-state index contributed by atoms with van der Waals surface area (Å²) < 4.78 is 42.1. The molecular weight excluding hydrogens is 375 g/mol. The van der Waals surface area contributed by atoms with Crippen molar-refractivity contribution in [2.24, 2.45) is 0 Å². The number of halogens is 1. The van der Waals surface area contributed by atoms with Gasteiger partial charge in [0.2, 0.25) is 11.8 Å². The molecule has 1 aromatic carbocycles. The van der Waals surface area contributed by atoms with E-state index in [0.717, 1.165) is 18.2 Å². The van der Waals surface area contributed by atoms with E-state index in [-0.39, 0.29) is 22.0 Å². The number of hydrogen-bond acceptors (Lipinski definition) is 8. The standard InChI is InChI=1S/C15H17FN8O2S/c1-8-13(9(2)18-15(17-8)24(3)4)21-27(25,26)10-5-6-12(16)11(7-10)14-19-22-23-20-14/h5-7,21H,1-4H3,(H,19,20,22,23). The van der Waals surface area contributed by atoms with Crippen molar-refractivity contribution in [3.05, 3.63) is 35.4 Å². The zero-order valence-corrected chi connectivity index (χ0v) is 15.8. The SMILES string of the molecule is Cc1nc(N(C)C)nc(C)c1NS(=O)(=O)c1ccc(F)c(-c2nn[nH]n2)c1. The van der Waals surface area contributed by atoms with Crippen LogP contribution in [-0.2, 0) is 10.0 Å². The highest BCUT2D eigenvalue weighted by Crippen LogP contribution is 2.26. The lowest BCUT2D eigenvalue weighted by atomic mass is 10.2. The van der Waals surface area contributed by atoms with Gasteiger partial charge in [-0.2, -0.15) is 5.21 Å². The maximum atomic E-state index is 14.0. The predicted molar refractivity (Wildman–Crippen MR) is 96.2 cm³/mol. The molecule has 0 amide bonds. The Hall–Kier alpha value is -3.15. The Balaban J connectivity index is 2.00. The molecule has 3 rings (SSSR count). The molecule has 0 unspecified atom stereocenters. The summed E-state index contributed by atoms with van der Waals surface area (Å²) in [5, 5.41) is 12.9. The topological polar surface area (TPSA) is 130 Å². The van der Waals surface area contributed by atoms with Crippen LogP contribution in [0.4, 0.5) is 16.0 Å². The van der Waals surface area contributed by atoms with Crippen LogP contribution in [0.5, 0.6) is 0 Å². The monoisotopic (exact) mass is 392 g/mol. The third-order valence-electron chi connectivity index (χ3n) is 3.73. The number of hydrogen-bond donors (Lipinski definition) is 2. The number of rotatable bonds is 5. The van der Waals surface area contributed by atoms with Crippen molar-refractivity contribution in [2.75, 3.05) is 23.7 Å². The average molecular weight is 392 g/mol. The summed E-state index contributed by atoms with van der Waals surface area (Å²) in [5.74, 6) is -0.244. The molecule has 0 bridgehead atoms. The summed E-state index contributed by atoms with van der Waals surface area (Å²) in [6, 6.07) is 3.33. The van der Waals surface area contributed by atoms with Gasteiger partial charge >= 0.3 is 0 Å². The molecule has 12 heteroatoms. The molecule has 0 saturated heterocycles. The van der Waals surface area contributed by atoms with Gasteiger partial charge in [-0.3, -0.25) is 4.72 Å². The highest BCUT2D eigenvalue weighted by Gasteiger charge is 2.21. The lowest BCUT2D eigenvalue weighted by molar-refractivity contribution is 0.599. The number of nitrogens with one attached hydrogen (secondary N) is 2. The smallest absolute Gasteiger partial charge is 0.262 e. The number of anilines is 2. The second-order valence-corrected chi connectivity index (χ2v) is 7.63. The first-order chi connectivity index (χ1) is 12.7. The molecule has 0 aliphatic heterocycles. The molecule has 2 N–H and O–H groups in total. The van der Waals surface area contributed by atoms with Gasteiger partial charge in [0.1, 0.15) is 5.82 Å². The average Bonchev–Trinajstić information content (AvgIpc) is 3.12. The summed E-state index contributed by atoms with van der Waals surface area (Å²) in [5.41, 5.74) is 1.12. The third kappa shape index (κ3) is 3.69. The van der Waals surface area contributed by atoms with E-state index in [1.54, 1.807) is 32.8 Å². The van der Waals surface area contributed by atoms with Gasteiger partial charge in [-0.05, 0) is 37.3 Å². The minimum absolute atomic E-state index is 0.0458. The first-order valence-corrected chi connectivity index (χ1v) is 9.26. The normalized spacial score (nSPS) is 11.4. The molecule has 10 nitrogen and oxygen atoms in total. The fraction of sp³-hybridized carbons (Fsp3) is 0.267. The minimum Gasteiger partial charge on any atom is -0.347 e. The van der Waals surface area contributed by atoms with Crippen LogP contribution in [-0.4, -0.2) is 53.1 Å². The Morgan fingerprint density at radius 2 is 1.81 bits per heavy atom. The lowest BCUT2D eigenvalue weighted by Gasteiger charge is -2.16. The first kappa shape index (κ1) is 18.6. The van der Waals surface area contributed by atoms with Gasteiger partial charge in [-0.1, -0.05) is 0 Å². The number of aromatic nitrogens is 6. The van der Waals surface area contributed by atoms with Gasteiger partial charge in [-0.15, -0.1) is 10.2 Å². The summed E-state index contributed by atoms with van der Waals surface area (Å²) >= 11 is 0. The Morgan fingerprint density at radius 1 is 1.15 bits per heavy atom. The van der Waals surface area contributed by atoms with Crippen LogP contribution in [0.2, 0.25) is 0 Å². The maximum Gasteiger partial charge on any atom is 0.262 e. The summed E-state index contributed by atoms with van der Waals surface area (Å²) in [4.78, 5) is 10.1. The van der Waals surface area contributed by atoms with E-state index in [2.05, 4.69) is 35.3 Å². The molecule has 0 aliphatic carbocycles. The second-order valence-electron chi connectivity index (χ2n) is 5.95. The van der Waals surface area contributed by atoms with Crippen molar-refractivity contribution in [2.45, 2.75) is 18.7 Å². The Labute approximate surface area is 154 Å². The van der Waals surface area contributed by atoms with Gasteiger partial charge in [0.15, 0.2) is 0 Å². The van der Waals surface area contributed by atoms with Crippen LogP contribution in [0, 0.1) is 19.7 Å². The van der Waals surface area contributed by atoms with E-state index < -0.39 is 15.8 Å². The van der Waals surface area contributed by atoms with E-state index in [0.29, 0.717) is 17.3 Å². The summed E-state index contributed by atoms with van der Waals surface area (Å²) in [6.07, 6.45) is 0. The molecule has 0 aliphatic rings. The molecule has 2 heterocycles. The van der Waals surface area contributed by atoms with Crippen molar-refractivity contribution in [3.63, 3.8) is 0 Å². The van der Waals surface area contributed by atoms with E-state index in [4.69, 9.17) is 0 Å². The summed E-state index contributed by atoms with van der Waals surface area (Å²) in [7, 11) is -0.443. The fourth-order valence-corrected chi connectivity index (χ4v) is 3.56. The van der Waals surface area contributed by atoms with Gasteiger partial charge < -0.3 is 4.90 Å². The van der Waals surface area contributed by atoms with Crippen LogP contribution in [0.3, 0.4) is 0 Å². The van der Waals surface area contributed by atoms with Crippen LogP contribution < -0.4 is 9.62 Å². The molecule has 27 heavy (non-hydrogen) atoms. The number of sulfonamides is 1. The molecule has 2 aromatic heterocycles. The summed E-state index contributed by atoms with van der Waals surface area (Å²) in [6.45, 7) is 3.35. The number of tetrazole rings is 1. The lowest BCUT2D eigenvalue weighted by Crippen LogP contribution is -2.19. The van der Waals surface area contributed by atoms with Gasteiger partial charge in [0.25, 0.3) is 10.0 Å². The number of aryl methyl sites for hydroxylation is 2. The molecule has 0 fully saturated rings. The molecule has 0 saturated carbocycles. The van der Waals surface area contributed by atoms with Gasteiger partial charge in [-0.25, -0.2) is 22.8 Å². The van der Waals surface area contributed by atoms with Gasteiger partial charge in [0, 0.05) is 14.1 Å². The van der Waals surface area contributed by atoms with E-state index in [1.165, 1.54) is 0 Å². The van der Waals surface area contributed by atoms with Crippen molar-refractivity contribution in [1.82, 2.24) is 30.6 Å². The maximum absolute atomic E-state index is 14.0. The van der Waals surface area contributed by atoms with Crippen LogP contribution >= 0.6 is 0 Å². The molecule has 0 atom stereocenters. The highest BCUT2D eigenvalue weighted by molar-refractivity contribution is 7.92. The number of H-pyrrole nitrogens is 1. The van der Waals surface area contributed by atoms with Crippen molar-refractivity contribution < 1.29 is 12.8 Å². The molecular formula is C15H17FN8O2S. The molecule has 0 radical (unpaired) electrons. The van der Waals surface area contributed by atoms with Crippen LogP contribution in [0.1, 0.15) is 11.4 Å². The van der Waals surface area contributed by atoms with E-state index >= 15 is 0 Å². The molecule has 0 spiro atoms. The quantitative estimate of drug-likeness (QED) is 0.664. The third-order valence-corrected chi connectivity index (χ3v) is 5.08. The second kappa shape index (κ2) is 6.87. The van der Waals surface area contributed by atoms with Crippen molar-refractivity contribution >= 4 is 21.7 Å². The number of nitrogens with zero attached hydrogens (tertiary/aromatic N) is 6. The molecule has 142 valence electrons.